The summed E-state index contributed by atoms with van der Waals surface area (Å²) in [6.45, 7) is 2.19. The Kier molecular flexibility index (Phi) is 6.64. The number of carboxylic acid groups (broad SMARTS) is 1. The van der Waals surface area contributed by atoms with Crippen molar-refractivity contribution in [2.75, 3.05) is 32.1 Å². The van der Waals surface area contributed by atoms with Gasteiger partial charge in [-0.3, -0.25) is 0 Å². The number of nitrogens with zero attached hydrogens (tertiary/aromatic N) is 2. The monoisotopic (exact) mass is 497 g/mol. The van der Waals surface area contributed by atoms with Crippen molar-refractivity contribution >= 4 is 28.8 Å². The topological polar surface area (TPSA) is 90.8 Å². The first-order valence-electron chi connectivity index (χ1n) is 12.6. The lowest BCUT2D eigenvalue weighted by molar-refractivity contribution is -0.191. The smallest absolute Gasteiger partial charge is 0.373 e. The van der Waals surface area contributed by atoms with E-state index in [0.29, 0.717) is 5.56 Å². The minimum absolute atomic E-state index is 0.250. The lowest BCUT2D eigenvalue weighted by Gasteiger charge is -2.33. The van der Waals surface area contributed by atoms with Gasteiger partial charge in [-0.1, -0.05) is 18.2 Å². The van der Waals surface area contributed by atoms with E-state index in [1.165, 1.54) is 29.7 Å². The lowest BCUT2D eigenvalue weighted by Crippen LogP contribution is -2.30. The van der Waals surface area contributed by atoms with Crippen LogP contribution in [0.3, 0.4) is 0 Å². The molecule has 2 aromatic carbocycles. The molecule has 0 atom stereocenters. The van der Waals surface area contributed by atoms with E-state index in [1.54, 1.807) is 12.1 Å². The van der Waals surface area contributed by atoms with Crippen molar-refractivity contribution in [3.63, 3.8) is 0 Å². The summed E-state index contributed by atoms with van der Waals surface area (Å²) in [6.07, 6.45) is 5.76. The van der Waals surface area contributed by atoms with E-state index in [-0.39, 0.29) is 6.15 Å². The van der Waals surface area contributed by atoms with Crippen LogP contribution in [0.1, 0.15) is 40.7 Å². The summed E-state index contributed by atoms with van der Waals surface area (Å²) in [7, 11) is 4.04. The normalized spacial score (nSPS) is 14.3. The maximum atomic E-state index is 12.2. The minimum atomic E-state index is -0.912. The standard InChI is InChI=1S/C29H28N2O3.CO2/c1-30(2)19-12-13-22-25(17-19)34-28-23-11-7-15-31-14-6-5-8-18(27(23)31)16-24(28)26(22)20-9-3-4-10-21(20)29(32)33;2-1-3/h3-4,9-10,12-13,16-17H,5-8,11,14-15H2,1-2H3;/p+1. The maximum absolute atomic E-state index is 12.2. The fourth-order valence-electron chi connectivity index (χ4n) is 5.80. The third kappa shape index (κ3) is 4.32. The number of aromatic carboxylic acids is 1. The predicted molar refractivity (Wildman–Crippen MR) is 141 cm³/mol. The van der Waals surface area contributed by atoms with Crippen LogP contribution < -0.4 is 14.8 Å². The van der Waals surface area contributed by atoms with Crippen molar-refractivity contribution in [2.24, 2.45) is 0 Å². The van der Waals surface area contributed by atoms with Crippen LogP contribution in [0, 0.1) is 0 Å². The highest BCUT2D eigenvalue weighted by atomic mass is 16.4. The van der Waals surface area contributed by atoms with Crippen molar-refractivity contribution in [3.05, 3.63) is 70.6 Å². The fourth-order valence-corrected chi connectivity index (χ4v) is 5.80. The molecule has 37 heavy (non-hydrogen) atoms. The summed E-state index contributed by atoms with van der Waals surface area (Å²) < 4.78 is 8.77. The number of carbonyl (C=O) groups is 1. The summed E-state index contributed by atoms with van der Waals surface area (Å²) >= 11 is 0. The van der Waals surface area contributed by atoms with Gasteiger partial charge in [0, 0.05) is 46.9 Å². The molecule has 1 N–H and O–H groups in total. The fraction of sp³-hybridized carbons (Fsp3) is 0.300. The van der Waals surface area contributed by atoms with Crippen LogP contribution in [-0.2, 0) is 22.4 Å². The van der Waals surface area contributed by atoms with Gasteiger partial charge in [0.1, 0.15) is 25.4 Å². The van der Waals surface area contributed by atoms with Crippen molar-refractivity contribution in [3.8, 4) is 22.5 Å². The molecule has 2 aromatic rings. The van der Waals surface area contributed by atoms with Gasteiger partial charge in [-0.25, -0.2) is 9.37 Å². The zero-order valence-corrected chi connectivity index (χ0v) is 21.0. The molecule has 188 valence electrons. The SMILES string of the molecule is C[N+](C)=c1ccc2c(-c3ccccc3C(=O)O)c3cc4c5c(c3oc-2c1)CCCN5CCCC4.O=C=O. The van der Waals surface area contributed by atoms with E-state index >= 15 is 0 Å². The minimum Gasteiger partial charge on any atom is -0.478 e. The number of hydrogen-bond donors (Lipinski definition) is 1. The number of carboxylic acids is 1. The Bertz CT molecular complexity index is 1590. The second kappa shape index (κ2) is 10.0. The molecule has 0 bridgehead atoms. The number of fused-ring (bicyclic) bond motifs is 3. The summed E-state index contributed by atoms with van der Waals surface area (Å²) in [5.74, 6) is -0.124. The summed E-state index contributed by atoms with van der Waals surface area (Å²) in [4.78, 5) is 31.0. The van der Waals surface area contributed by atoms with Crippen LogP contribution in [-0.4, -0.2) is 44.4 Å². The quantitative estimate of drug-likeness (QED) is 0.325. The molecular formula is C30H29N2O5+. The molecular weight excluding hydrogens is 468 g/mol. The second-order valence-electron chi connectivity index (χ2n) is 9.77. The molecule has 4 aliphatic rings. The molecule has 0 unspecified atom stereocenters. The van der Waals surface area contributed by atoms with Gasteiger partial charge in [-0.05, 0) is 61.4 Å². The molecule has 1 aliphatic carbocycles. The van der Waals surface area contributed by atoms with Crippen LogP contribution in [0.4, 0.5) is 5.69 Å². The Labute approximate surface area is 214 Å². The van der Waals surface area contributed by atoms with Gasteiger partial charge in [0.25, 0.3) is 0 Å². The Hall–Kier alpha value is -4.22. The highest BCUT2D eigenvalue weighted by molar-refractivity contribution is 6.09. The third-order valence-corrected chi connectivity index (χ3v) is 7.38. The molecule has 0 saturated heterocycles. The van der Waals surface area contributed by atoms with E-state index < -0.39 is 5.97 Å². The van der Waals surface area contributed by atoms with Gasteiger partial charge < -0.3 is 14.4 Å². The van der Waals surface area contributed by atoms with E-state index in [0.717, 1.165) is 71.1 Å². The second-order valence-corrected chi connectivity index (χ2v) is 9.77. The zero-order chi connectivity index (χ0) is 26.1. The number of rotatable bonds is 2. The Morgan fingerprint density at radius 3 is 2.49 bits per heavy atom. The van der Waals surface area contributed by atoms with Crippen LogP contribution in [0.2, 0.25) is 0 Å². The van der Waals surface area contributed by atoms with Gasteiger partial charge in [0.05, 0.1) is 11.6 Å². The van der Waals surface area contributed by atoms with Gasteiger partial charge in [-0.2, -0.15) is 9.59 Å². The average Bonchev–Trinajstić information content (AvgIpc) is 3.11. The van der Waals surface area contributed by atoms with Crippen LogP contribution in [0.25, 0.3) is 33.4 Å². The third-order valence-electron chi connectivity index (χ3n) is 7.38. The van der Waals surface area contributed by atoms with Gasteiger partial charge >= 0.3 is 12.1 Å². The summed E-state index contributed by atoms with van der Waals surface area (Å²) in [6, 6.07) is 15.9. The molecule has 0 amide bonds. The van der Waals surface area contributed by atoms with E-state index in [1.807, 2.05) is 26.2 Å². The first kappa shape index (κ1) is 24.5. The first-order valence-corrected chi connectivity index (χ1v) is 12.6. The van der Waals surface area contributed by atoms with Crippen LogP contribution >= 0.6 is 0 Å². The van der Waals surface area contributed by atoms with Crippen molar-refractivity contribution in [2.45, 2.75) is 32.1 Å². The number of benzene rings is 3. The Morgan fingerprint density at radius 2 is 1.73 bits per heavy atom. The van der Waals surface area contributed by atoms with E-state index in [9.17, 15) is 9.90 Å². The number of carbonyl (C=O) groups excluding carboxylic acids is 2. The van der Waals surface area contributed by atoms with Crippen molar-refractivity contribution in [1.82, 2.24) is 4.58 Å². The molecule has 3 heterocycles. The van der Waals surface area contributed by atoms with Gasteiger partial charge in [0.15, 0.2) is 0 Å². The number of aryl methyl sites for hydroxylation is 2. The summed E-state index contributed by atoms with van der Waals surface area (Å²) in [5.41, 5.74) is 7.88. The number of anilines is 1. The zero-order valence-electron chi connectivity index (χ0n) is 21.0. The van der Waals surface area contributed by atoms with Gasteiger partial charge in [0.2, 0.25) is 5.36 Å². The summed E-state index contributed by atoms with van der Waals surface area (Å²) in [5, 5.41) is 12.1. The first-order chi connectivity index (χ1) is 17.9. The maximum Gasteiger partial charge on any atom is 0.373 e. The highest BCUT2D eigenvalue weighted by Gasteiger charge is 2.29. The molecule has 0 aromatic heterocycles. The Morgan fingerprint density at radius 1 is 0.973 bits per heavy atom. The van der Waals surface area contributed by atoms with Gasteiger partial charge in [-0.15, -0.1) is 0 Å². The molecule has 7 nitrogen and oxygen atoms in total. The average molecular weight is 498 g/mol. The molecule has 0 spiro atoms. The van der Waals surface area contributed by atoms with Crippen molar-refractivity contribution < 1.29 is 23.9 Å². The van der Waals surface area contributed by atoms with E-state index in [2.05, 4.69) is 33.7 Å². The Balaban J connectivity index is 0.000000892. The molecule has 0 fully saturated rings. The van der Waals surface area contributed by atoms with E-state index in [4.69, 9.17) is 14.0 Å². The molecule has 3 aliphatic heterocycles. The highest BCUT2D eigenvalue weighted by Crippen LogP contribution is 2.47. The van der Waals surface area contributed by atoms with Crippen LogP contribution in [0.5, 0.6) is 0 Å². The molecule has 7 heteroatoms. The van der Waals surface area contributed by atoms with Crippen LogP contribution in [0.15, 0.2) is 52.9 Å². The predicted octanol–water partition coefficient (Wildman–Crippen LogP) is 4.44. The molecule has 0 radical (unpaired) electrons. The largest absolute Gasteiger partial charge is 0.478 e. The molecule has 0 saturated carbocycles. The van der Waals surface area contributed by atoms with Crippen molar-refractivity contribution in [1.29, 1.82) is 0 Å². The number of hydrogen-bond acceptors (Lipinski definition) is 5. The molecule has 6 rings (SSSR count). The lowest BCUT2D eigenvalue weighted by atomic mass is 9.86.